The minimum atomic E-state index is -2.17. The van der Waals surface area contributed by atoms with Crippen molar-refractivity contribution in [2.45, 2.75) is 32.5 Å². The highest BCUT2D eigenvalue weighted by Crippen LogP contribution is 1.93. The quantitative estimate of drug-likeness (QED) is 0.308. The highest BCUT2D eigenvalue weighted by molar-refractivity contribution is 6.30. The summed E-state index contributed by atoms with van der Waals surface area (Å²) >= 11 is 0. The Hall–Kier alpha value is -0.135. The van der Waals surface area contributed by atoms with Crippen LogP contribution in [0.5, 0.6) is 0 Å². The van der Waals surface area contributed by atoms with Gasteiger partial charge in [0.1, 0.15) is 0 Å². The normalized spacial score (nSPS) is 14.5. The molecule has 0 fully saturated rings. The SMILES string of the molecule is CC(O)CC(C)O.OB(O)O. The Morgan fingerprint density at radius 2 is 1.18 bits per heavy atom. The lowest BCUT2D eigenvalue weighted by Gasteiger charge is -2.04. The standard InChI is InChI=1S/C5H12O2.BH3O3/c1-4(6)3-5(2)7;2-1(3)4/h4-7H,3H2,1-2H3;2-4H. The van der Waals surface area contributed by atoms with E-state index in [4.69, 9.17) is 25.3 Å². The predicted octanol–water partition coefficient (Wildman–Crippen LogP) is -1.91. The Morgan fingerprint density at radius 3 is 1.18 bits per heavy atom. The number of rotatable bonds is 2. The van der Waals surface area contributed by atoms with Crippen molar-refractivity contribution in [1.82, 2.24) is 0 Å². The van der Waals surface area contributed by atoms with Crippen LogP contribution in [0.2, 0.25) is 0 Å². The van der Waals surface area contributed by atoms with Gasteiger partial charge in [-0.3, -0.25) is 0 Å². The molecule has 0 aliphatic rings. The summed E-state index contributed by atoms with van der Waals surface area (Å²) < 4.78 is 0. The summed E-state index contributed by atoms with van der Waals surface area (Å²) in [7, 11) is -2.17. The zero-order chi connectivity index (χ0) is 9.44. The maximum absolute atomic E-state index is 8.56. The van der Waals surface area contributed by atoms with E-state index in [-0.39, 0.29) is 12.2 Å². The van der Waals surface area contributed by atoms with Crippen molar-refractivity contribution in [3.63, 3.8) is 0 Å². The van der Waals surface area contributed by atoms with Crippen molar-refractivity contribution >= 4 is 7.32 Å². The first-order chi connectivity index (χ1) is 4.86. The van der Waals surface area contributed by atoms with Crippen LogP contribution in [0, 0.1) is 0 Å². The van der Waals surface area contributed by atoms with Crippen LogP contribution in [0.25, 0.3) is 0 Å². The van der Waals surface area contributed by atoms with Crippen LogP contribution in [-0.4, -0.2) is 44.8 Å². The number of aliphatic hydroxyl groups excluding tert-OH is 2. The van der Waals surface area contributed by atoms with Crippen molar-refractivity contribution in [3.05, 3.63) is 0 Å². The van der Waals surface area contributed by atoms with E-state index < -0.39 is 7.32 Å². The molecule has 5 N–H and O–H groups in total. The van der Waals surface area contributed by atoms with Crippen molar-refractivity contribution < 1.29 is 25.3 Å². The van der Waals surface area contributed by atoms with Gasteiger partial charge < -0.3 is 25.3 Å². The van der Waals surface area contributed by atoms with Crippen molar-refractivity contribution in [2.24, 2.45) is 0 Å². The second kappa shape index (κ2) is 7.97. The minimum Gasteiger partial charge on any atom is -0.402 e. The molecule has 0 amide bonds. The molecule has 6 heteroatoms. The lowest BCUT2D eigenvalue weighted by molar-refractivity contribution is 0.102. The summed E-state index contributed by atoms with van der Waals surface area (Å²) in [4.78, 5) is 0. The molecule has 2 unspecified atom stereocenters. The molecule has 11 heavy (non-hydrogen) atoms. The van der Waals surface area contributed by atoms with Gasteiger partial charge in [0, 0.05) is 0 Å². The van der Waals surface area contributed by atoms with Crippen LogP contribution in [-0.2, 0) is 0 Å². The summed E-state index contributed by atoms with van der Waals surface area (Å²) in [6.07, 6.45) is -0.278. The Balaban J connectivity index is 0. The van der Waals surface area contributed by atoms with Crippen LogP contribution >= 0.6 is 0 Å². The zero-order valence-electron chi connectivity index (χ0n) is 6.68. The maximum atomic E-state index is 8.56. The Bertz CT molecular complexity index is 66.5. The first-order valence-electron chi connectivity index (χ1n) is 3.26. The molecular weight excluding hydrogens is 151 g/mol. The third-order valence-electron chi connectivity index (χ3n) is 0.682. The Morgan fingerprint density at radius 1 is 1.00 bits per heavy atom. The van der Waals surface area contributed by atoms with E-state index in [1.807, 2.05) is 0 Å². The second-order valence-electron chi connectivity index (χ2n) is 2.28. The van der Waals surface area contributed by atoms with E-state index in [2.05, 4.69) is 0 Å². The van der Waals surface area contributed by atoms with E-state index >= 15 is 0 Å². The zero-order valence-corrected chi connectivity index (χ0v) is 6.68. The molecule has 0 aliphatic heterocycles. The third-order valence-corrected chi connectivity index (χ3v) is 0.682. The highest BCUT2D eigenvalue weighted by Gasteiger charge is 1.98. The van der Waals surface area contributed by atoms with Gasteiger partial charge in [0.25, 0.3) is 0 Å². The molecule has 2 atom stereocenters. The number of aliphatic hydroxyl groups is 2. The van der Waals surface area contributed by atoms with Gasteiger partial charge in [-0.05, 0) is 20.3 Å². The molecule has 0 radical (unpaired) electrons. The van der Waals surface area contributed by atoms with Crippen molar-refractivity contribution in [3.8, 4) is 0 Å². The number of hydrogen-bond acceptors (Lipinski definition) is 5. The number of hydrogen-bond donors (Lipinski definition) is 5. The molecule has 0 aromatic rings. The summed E-state index contributed by atoms with van der Waals surface area (Å²) in [5.41, 5.74) is 0. The van der Waals surface area contributed by atoms with Gasteiger partial charge in [-0.15, -0.1) is 0 Å². The molecule has 0 aliphatic carbocycles. The van der Waals surface area contributed by atoms with E-state index in [1.165, 1.54) is 0 Å². The van der Waals surface area contributed by atoms with E-state index in [0.29, 0.717) is 6.42 Å². The van der Waals surface area contributed by atoms with Gasteiger partial charge in [0.15, 0.2) is 0 Å². The van der Waals surface area contributed by atoms with Gasteiger partial charge >= 0.3 is 7.32 Å². The molecule has 5 nitrogen and oxygen atoms in total. The molecule has 68 valence electrons. The fourth-order valence-electron chi connectivity index (χ4n) is 0.494. The topological polar surface area (TPSA) is 101 Å². The predicted molar refractivity (Wildman–Crippen MR) is 40.4 cm³/mol. The second-order valence-corrected chi connectivity index (χ2v) is 2.28. The van der Waals surface area contributed by atoms with Gasteiger partial charge in [-0.25, -0.2) is 0 Å². The average Bonchev–Trinajstić information content (AvgIpc) is 1.56. The summed E-state index contributed by atoms with van der Waals surface area (Å²) in [6, 6.07) is 0. The monoisotopic (exact) mass is 166 g/mol. The van der Waals surface area contributed by atoms with Gasteiger partial charge in [-0.1, -0.05) is 0 Å². The van der Waals surface area contributed by atoms with Crippen LogP contribution in [0.15, 0.2) is 0 Å². The van der Waals surface area contributed by atoms with Crippen LogP contribution in [0.3, 0.4) is 0 Å². The van der Waals surface area contributed by atoms with Crippen LogP contribution < -0.4 is 0 Å². The third kappa shape index (κ3) is 40.9. The van der Waals surface area contributed by atoms with Crippen LogP contribution in [0.4, 0.5) is 0 Å². The largest absolute Gasteiger partial charge is 0.631 e. The van der Waals surface area contributed by atoms with E-state index in [1.54, 1.807) is 13.8 Å². The summed E-state index contributed by atoms with van der Waals surface area (Å²) in [5, 5.41) is 38.6. The van der Waals surface area contributed by atoms with Gasteiger partial charge in [-0.2, -0.15) is 0 Å². The molecular formula is C5H15BO5. The maximum Gasteiger partial charge on any atom is 0.631 e. The lowest BCUT2D eigenvalue weighted by atomic mass is 10.2. The lowest BCUT2D eigenvalue weighted by Crippen LogP contribution is -2.10. The molecule has 0 bridgehead atoms. The minimum absolute atomic E-state index is 0.375. The van der Waals surface area contributed by atoms with Crippen molar-refractivity contribution in [1.29, 1.82) is 0 Å². The molecule has 0 spiro atoms. The van der Waals surface area contributed by atoms with E-state index in [0.717, 1.165) is 0 Å². The van der Waals surface area contributed by atoms with E-state index in [9.17, 15) is 0 Å². The first-order valence-corrected chi connectivity index (χ1v) is 3.26. The smallest absolute Gasteiger partial charge is 0.402 e. The molecule has 0 aromatic carbocycles. The highest BCUT2D eigenvalue weighted by atomic mass is 16.5. The molecule has 0 rings (SSSR count). The molecule has 0 saturated heterocycles. The molecule has 0 heterocycles. The molecule has 0 saturated carbocycles. The van der Waals surface area contributed by atoms with Gasteiger partial charge in [0.2, 0.25) is 0 Å². The van der Waals surface area contributed by atoms with Gasteiger partial charge in [0.05, 0.1) is 12.2 Å². The molecule has 0 aromatic heterocycles. The van der Waals surface area contributed by atoms with Crippen molar-refractivity contribution in [2.75, 3.05) is 0 Å². The fraction of sp³-hybridized carbons (Fsp3) is 1.00. The summed E-state index contributed by atoms with van der Waals surface area (Å²) in [5.74, 6) is 0. The first kappa shape index (κ1) is 13.5. The van der Waals surface area contributed by atoms with Crippen LogP contribution in [0.1, 0.15) is 20.3 Å². The average molecular weight is 166 g/mol. The summed E-state index contributed by atoms with van der Waals surface area (Å²) in [6.45, 7) is 3.32. The Labute approximate surface area is 66.1 Å². The Kier molecular flexibility index (Phi) is 9.74. The fourth-order valence-corrected chi connectivity index (χ4v) is 0.494.